The van der Waals surface area contributed by atoms with Gasteiger partial charge in [-0.3, -0.25) is 14.5 Å². The first kappa shape index (κ1) is 20.5. The number of carbonyl (C=O) groups is 2. The van der Waals surface area contributed by atoms with Crippen molar-refractivity contribution in [3.8, 4) is 0 Å². The van der Waals surface area contributed by atoms with Crippen LogP contribution in [0.3, 0.4) is 0 Å². The third kappa shape index (κ3) is 5.61. The predicted molar refractivity (Wildman–Crippen MR) is 107 cm³/mol. The second-order valence-corrected chi connectivity index (χ2v) is 6.98. The number of anilines is 2. The zero-order chi connectivity index (χ0) is 19.3. The lowest BCUT2D eigenvalue weighted by atomic mass is 10.2. The van der Waals surface area contributed by atoms with Gasteiger partial charge in [-0.05, 0) is 44.3 Å². The number of para-hydroxylation sites is 1. The summed E-state index contributed by atoms with van der Waals surface area (Å²) >= 11 is 18.0. The number of nitrogens with one attached hydrogen (secondary N) is 2. The lowest BCUT2D eigenvalue weighted by Crippen LogP contribution is -2.43. The molecule has 0 aromatic heterocycles. The summed E-state index contributed by atoms with van der Waals surface area (Å²) in [6.45, 7) is 1.71. The number of halogens is 3. The Bertz CT molecular complexity index is 814. The smallest absolute Gasteiger partial charge is 0.241 e. The van der Waals surface area contributed by atoms with E-state index in [-0.39, 0.29) is 18.4 Å². The standard InChI is InChI=1S/C18H18Cl3N3O2/c1-11(18(26)23-16-9-12(19)7-8-14(16)21)24(2)10-17(25)22-15-6-4-3-5-13(15)20/h3-9,11H,10H2,1-2H3,(H,22,25)(H,23,26)/t11-/m1/s1. The molecule has 2 aromatic carbocycles. The Labute approximate surface area is 167 Å². The Morgan fingerprint density at radius 1 is 1.00 bits per heavy atom. The van der Waals surface area contributed by atoms with Crippen LogP contribution in [0.4, 0.5) is 11.4 Å². The van der Waals surface area contributed by atoms with Crippen LogP contribution in [-0.4, -0.2) is 36.3 Å². The molecule has 0 aliphatic carbocycles. The highest BCUT2D eigenvalue weighted by Crippen LogP contribution is 2.25. The van der Waals surface area contributed by atoms with E-state index >= 15 is 0 Å². The molecule has 0 aliphatic rings. The zero-order valence-corrected chi connectivity index (χ0v) is 16.5. The summed E-state index contributed by atoms with van der Waals surface area (Å²) in [5.74, 6) is -0.580. The highest BCUT2D eigenvalue weighted by Gasteiger charge is 2.21. The molecule has 8 heteroatoms. The van der Waals surface area contributed by atoms with Gasteiger partial charge in [0, 0.05) is 5.02 Å². The highest BCUT2D eigenvalue weighted by atomic mass is 35.5. The van der Waals surface area contributed by atoms with Gasteiger partial charge in [0.25, 0.3) is 0 Å². The summed E-state index contributed by atoms with van der Waals surface area (Å²) in [7, 11) is 1.68. The molecule has 5 nitrogen and oxygen atoms in total. The van der Waals surface area contributed by atoms with Gasteiger partial charge in [0.2, 0.25) is 11.8 Å². The van der Waals surface area contributed by atoms with Crippen LogP contribution in [0, 0.1) is 0 Å². The van der Waals surface area contributed by atoms with Crippen LogP contribution < -0.4 is 10.6 Å². The summed E-state index contributed by atoms with van der Waals surface area (Å²) < 4.78 is 0. The van der Waals surface area contributed by atoms with Crippen LogP contribution in [0.5, 0.6) is 0 Å². The Hall–Kier alpha value is -1.79. The summed E-state index contributed by atoms with van der Waals surface area (Å²) in [6.07, 6.45) is 0. The largest absolute Gasteiger partial charge is 0.324 e. The number of benzene rings is 2. The summed E-state index contributed by atoms with van der Waals surface area (Å²) in [5.41, 5.74) is 0.945. The van der Waals surface area contributed by atoms with Crippen molar-refractivity contribution >= 4 is 58.0 Å². The number of likely N-dealkylation sites (N-methyl/N-ethyl adjacent to an activating group) is 1. The average molecular weight is 415 g/mol. The molecule has 2 N–H and O–H groups in total. The fraction of sp³-hybridized carbons (Fsp3) is 0.222. The summed E-state index contributed by atoms with van der Waals surface area (Å²) in [5, 5.41) is 6.73. The van der Waals surface area contributed by atoms with Crippen molar-refractivity contribution in [2.45, 2.75) is 13.0 Å². The molecule has 0 bridgehead atoms. The zero-order valence-electron chi connectivity index (χ0n) is 14.2. The molecule has 2 rings (SSSR count). The molecule has 1 atom stereocenters. The molecule has 0 aliphatic heterocycles. The lowest BCUT2D eigenvalue weighted by molar-refractivity contribution is -0.122. The number of hydrogen-bond acceptors (Lipinski definition) is 3. The highest BCUT2D eigenvalue weighted by molar-refractivity contribution is 6.35. The topological polar surface area (TPSA) is 61.4 Å². The molecule has 0 spiro atoms. The van der Waals surface area contributed by atoms with Crippen molar-refractivity contribution in [2.24, 2.45) is 0 Å². The molecule has 0 saturated carbocycles. The van der Waals surface area contributed by atoms with Crippen LogP contribution in [0.25, 0.3) is 0 Å². The molecule has 2 aromatic rings. The number of carbonyl (C=O) groups excluding carboxylic acids is 2. The van der Waals surface area contributed by atoms with Gasteiger partial charge in [0.15, 0.2) is 0 Å². The quantitative estimate of drug-likeness (QED) is 0.729. The van der Waals surface area contributed by atoms with Crippen molar-refractivity contribution in [3.05, 3.63) is 57.5 Å². The number of rotatable bonds is 6. The van der Waals surface area contributed by atoms with Gasteiger partial charge >= 0.3 is 0 Å². The molecule has 138 valence electrons. The molecule has 0 fully saturated rings. The van der Waals surface area contributed by atoms with Crippen LogP contribution in [0.2, 0.25) is 15.1 Å². The van der Waals surface area contributed by atoms with Crippen LogP contribution in [0.1, 0.15) is 6.92 Å². The molecule has 26 heavy (non-hydrogen) atoms. The Morgan fingerprint density at radius 2 is 1.65 bits per heavy atom. The van der Waals surface area contributed by atoms with Gasteiger partial charge in [0.05, 0.1) is 34.0 Å². The number of nitrogens with zero attached hydrogens (tertiary/aromatic N) is 1. The summed E-state index contributed by atoms with van der Waals surface area (Å²) in [6, 6.07) is 11.2. The van der Waals surface area contributed by atoms with E-state index in [1.54, 1.807) is 61.3 Å². The maximum Gasteiger partial charge on any atom is 0.241 e. The first-order chi connectivity index (χ1) is 12.3. The van der Waals surface area contributed by atoms with Crippen molar-refractivity contribution in [2.75, 3.05) is 24.2 Å². The van der Waals surface area contributed by atoms with E-state index in [1.165, 1.54) is 0 Å². The van der Waals surface area contributed by atoms with E-state index in [9.17, 15) is 9.59 Å². The van der Waals surface area contributed by atoms with Crippen LogP contribution >= 0.6 is 34.8 Å². The fourth-order valence-corrected chi connectivity index (χ4v) is 2.67. The van der Waals surface area contributed by atoms with E-state index in [1.807, 2.05) is 0 Å². The average Bonchev–Trinajstić information content (AvgIpc) is 2.59. The molecule has 0 heterocycles. The van der Waals surface area contributed by atoms with Crippen molar-refractivity contribution in [1.29, 1.82) is 0 Å². The minimum atomic E-state index is -0.568. The van der Waals surface area contributed by atoms with Gasteiger partial charge in [-0.1, -0.05) is 46.9 Å². The molecular formula is C18H18Cl3N3O2. The van der Waals surface area contributed by atoms with E-state index in [0.717, 1.165) is 0 Å². The first-order valence-electron chi connectivity index (χ1n) is 7.78. The molecule has 0 radical (unpaired) electrons. The van der Waals surface area contributed by atoms with Crippen LogP contribution in [-0.2, 0) is 9.59 Å². The van der Waals surface area contributed by atoms with Gasteiger partial charge in [0.1, 0.15) is 0 Å². The first-order valence-corrected chi connectivity index (χ1v) is 8.92. The normalized spacial score (nSPS) is 11.9. The van der Waals surface area contributed by atoms with Gasteiger partial charge in [-0.15, -0.1) is 0 Å². The monoisotopic (exact) mass is 413 g/mol. The third-order valence-corrected chi connectivity index (χ3v) is 4.66. The Balaban J connectivity index is 1.94. The fourth-order valence-electron chi connectivity index (χ4n) is 2.15. The number of hydrogen-bond donors (Lipinski definition) is 2. The molecule has 2 amide bonds. The van der Waals surface area contributed by atoms with E-state index in [0.29, 0.717) is 26.4 Å². The van der Waals surface area contributed by atoms with Gasteiger partial charge < -0.3 is 10.6 Å². The van der Waals surface area contributed by atoms with Gasteiger partial charge in [-0.25, -0.2) is 0 Å². The molecule has 0 saturated heterocycles. The van der Waals surface area contributed by atoms with E-state index in [4.69, 9.17) is 34.8 Å². The van der Waals surface area contributed by atoms with E-state index < -0.39 is 6.04 Å². The Morgan fingerprint density at radius 3 is 2.35 bits per heavy atom. The van der Waals surface area contributed by atoms with Gasteiger partial charge in [-0.2, -0.15) is 0 Å². The SMILES string of the molecule is C[C@H](C(=O)Nc1cc(Cl)ccc1Cl)N(C)CC(=O)Nc1ccccc1Cl. The maximum atomic E-state index is 12.4. The lowest BCUT2D eigenvalue weighted by Gasteiger charge is -2.23. The minimum absolute atomic E-state index is 0.0170. The Kier molecular flexibility index (Phi) is 7.29. The maximum absolute atomic E-state index is 12.4. The molecular weight excluding hydrogens is 397 g/mol. The molecule has 0 unspecified atom stereocenters. The third-order valence-electron chi connectivity index (χ3n) is 3.77. The van der Waals surface area contributed by atoms with Crippen molar-refractivity contribution in [1.82, 2.24) is 4.90 Å². The van der Waals surface area contributed by atoms with E-state index in [2.05, 4.69) is 10.6 Å². The van der Waals surface area contributed by atoms with Crippen molar-refractivity contribution < 1.29 is 9.59 Å². The predicted octanol–water partition coefficient (Wildman–Crippen LogP) is 4.54. The van der Waals surface area contributed by atoms with Crippen molar-refractivity contribution in [3.63, 3.8) is 0 Å². The second-order valence-electron chi connectivity index (χ2n) is 5.73. The minimum Gasteiger partial charge on any atom is -0.324 e. The van der Waals surface area contributed by atoms with Crippen LogP contribution in [0.15, 0.2) is 42.5 Å². The second kappa shape index (κ2) is 9.24. The number of amides is 2. The summed E-state index contributed by atoms with van der Waals surface area (Å²) in [4.78, 5) is 26.2.